The van der Waals surface area contributed by atoms with Gasteiger partial charge in [-0.3, -0.25) is 0 Å². The second kappa shape index (κ2) is 8.01. The van der Waals surface area contributed by atoms with Gasteiger partial charge in [-0.1, -0.05) is 30.4 Å². The third-order valence-corrected chi connectivity index (χ3v) is 6.06. The Kier molecular flexibility index (Phi) is 6.33. The highest BCUT2D eigenvalue weighted by Gasteiger charge is 2.36. The fourth-order valence-electron chi connectivity index (χ4n) is 2.68. The average molecular weight is 325 g/mol. The van der Waals surface area contributed by atoms with Crippen molar-refractivity contribution in [3.05, 3.63) is 30.3 Å². The van der Waals surface area contributed by atoms with Gasteiger partial charge in [-0.15, -0.1) is 0 Å². The van der Waals surface area contributed by atoms with Gasteiger partial charge < -0.3 is 15.4 Å². The van der Waals surface area contributed by atoms with E-state index in [1.807, 2.05) is 42.1 Å². The summed E-state index contributed by atoms with van der Waals surface area (Å²) in [5, 5.41) is 0. The Balaban J connectivity index is 1.66. The van der Waals surface area contributed by atoms with E-state index in [9.17, 15) is 0 Å². The van der Waals surface area contributed by atoms with Crippen molar-refractivity contribution in [3.63, 3.8) is 0 Å². The highest BCUT2D eigenvalue weighted by molar-refractivity contribution is 8.02. The topological polar surface area (TPSA) is 38.5 Å². The smallest absolute Gasteiger partial charge is 0.119 e. The van der Waals surface area contributed by atoms with Crippen molar-refractivity contribution in [1.82, 2.24) is 4.90 Å². The molecule has 2 rings (SSSR count). The lowest BCUT2D eigenvalue weighted by Gasteiger charge is -2.40. The summed E-state index contributed by atoms with van der Waals surface area (Å²) < 4.78 is 5.75. The van der Waals surface area contributed by atoms with Crippen LogP contribution in [0, 0.1) is 0 Å². The minimum absolute atomic E-state index is 0.0202. The normalized spacial score (nSPS) is 18.3. The second-order valence-corrected chi connectivity index (χ2v) is 7.05. The summed E-state index contributed by atoms with van der Waals surface area (Å²) in [5.74, 6) is 0.950. The summed E-state index contributed by atoms with van der Waals surface area (Å²) >= 11 is 7.06. The molecular weight excluding hydrogens is 300 g/mol. The van der Waals surface area contributed by atoms with Crippen LogP contribution >= 0.6 is 24.0 Å². The summed E-state index contributed by atoms with van der Waals surface area (Å²) in [7, 11) is 0. The molecule has 0 radical (unpaired) electrons. The van der Waals surface area contributed by atoms with E-state index in [0.29, 0.717) is 4.99 Å². The number of para-hydroxylation sites is 1. The van der Waals surface area contributed by atoms with Crippen LogP contribution in [0.1, 0.15) is 19.3 Å². The molecule has 0 spiro atoms. The highest BCUT2D eigenvalue weighted by atomic mass is 32.2. The number of nitrogens with two attached hydrogens (primary N) is 1. The maximum Gasteiger partial charge on any atom is 0.119 e. The lowest BCUT2D eigenvalue weighted by atomic mass is 9.95. The first-order chi connectivity index (χ1) is 10.2. The molecule has 2 N–H and O–H groups in total. The number of ether oxygens (including phenoxy) is 1. The van der Waals surface area contributed by atoms with Gasteiger partial charge in [-0.25, -0.2) is 0 Å². The van der Waals surface area contributed by atoms with Gasteiger partial charge in [0.2, 0.25) is 0 Å². The monoisotopic (exact) mass is 324 g/mol. The highest BCUT2D eigenvalue weighted by Crippen LogP contribution is 2.34. The van der Waals surface area contributed by atoms with Crippen LogP contribution < -0.4 is 10.5 Å². The molecule has 3 nitrogen and oxygen atoms in total. The van der Waals surface area contributed by atoms with Crippen LogP contribution in [0.3, 0.4) is 0 Å². The van der Waals surface area contributed by atoms with E-state index >= 15 is 0 Å². The average Bonchev–Trinajstić information content (AvgIpc) is 2.53. The molecule has 1 fully saturated rings. The van der Waals surface area contributed by atoms with Gasteiger partial charge in [-0.05, 0) is 50.7 Å². The number of hydrogen-bond donors (Lipinski definition) is 1. The molecule has 1 heterocycles. The van der Waals surface area contributed by atoms with Gasteiger partial charge in [-0.2, -0.15) is 11.8 Å². The number of hydrogen-bond acceptors (Lipinski definition) is 4. The molecule has 1 aliphatic rings. The van der Waals surface area contributed by atoms with Crippen LogP contribution in [0.15, 0.2) is 30.3 Å². The second-order valence-electron chi connectivity index (χ2n) is 5.42. The summed E-state index contributed by atoms with van der Waals surface area (Å²) in [6.45, 7) is 3.99. The lowest BCUT2D eigenvalue weighted by molar-refractivity contribution is 0.199. The van der Waals surface area contributed by atoms with Crippen LogP contribution in [0.25, 0.3) is 0 Å². The Morgan fingerprint density at radius 2 is 2.00 bits per heavy atom. The standard InChI is InChI=1S/C16H24N2OS2/c1-21-16(15(17)20)8-11-18(12-9-16)10-5-13-19-14-6-3-2-4-7-14/h2-4,6-7H,5,8-13H2,1H3,(H2,17,20). The van der Waals surface area contributed by atoms with Crippen LogP contribution in [0.2, 0.25) is 0 Å². The van der Waals surface area contributed by atoms with Crippen LogP contribution in [-0.2, 0) is 0 Å². The van der Waals surface area contributed by atoms with E-state index in [0.717, 1.165) is 51.3 Å². The summed E-state index contributed by atoms with van der Waals surface area (Å²) in [5.41, 5.74) is 5.92. The third kappa shape index (κ3) is 4.59. The molecule has 21 heavy (non-hydrogen) atoms. The molecule has 0 unspecified atom stereocenters. The minimum atomic E-state index is 0.0202. The maximum atomic E-state index is 5.92. The SMILES string of the molecule is CSC1(C(N)=S)CCN(CCCOc2ccccc2)CC1. The molecule has 0 bridgehead atoms. The van der Waals surface area contributed by atoms with Gasteiger partial charge in [0.25, 0.3) is 0 Å². The molecule has 5 heteroatoms. The molecule has 0 saturated carbocycles. The van der Waals surface area contributed by atoms with Crippen LogP contribution in [0.4, 0.5) is 0 Å². The van der Waals surface area contributed by atoms with E-state index in [1.165, 1.54) is 0 Å². The van der Waals surface area contributed by atoms with Gasteiger partial charge in [0.15, 0.2) is 0 Å². The first kappa shape index (κ1) is 16.6. The lowest BCUT2D eigenvalue weighted by Crippen LogP contribution is -2.49. The zero-order valence-electron chi connectivity index (χ0n) is 12.6. The number of rotatable bonds is 7. The zero-order chi connectivity index (χ0) is 15.1. The molecule has 0 atom stereocenters. The number of nitrogens with zero attached hydrogens (tertiary/aromatic N) is 1. The van der Waals surface area contributed by atoms with Gasteiger partial charge in [0.1, 0.15) is 5.75 Å². The predicted molar refractivity (Wildman–Crippen MR) is 95.3 cm³/mol. The van der Waals surface area contributed by atoms with Crippen molar-refractivity contribution in [2.45, 2.75) is 24.0 Å². The Hall–Kier alpha value is -0.780. The van der Waals surface area contributed by atoms with Crippen molar-refractivity contribution in [3.8, 4) is 5.75 Å². The van der Waals surface area contributed by atoms with Crippen molar-refractivity contribution in [1.29, 1.82) is 0 Å². The molecule has 1 aliphatic heterocycles. The van der Waals surface area contributed by atoms with E-state index < -0.39 is 0 Å². The number of thiocarbonyl (C=S) groups is 1. The van der Waals surface area contributed by atoms with Crippen molar-refractivity contribution < 1.29 is 4.74 Å². The molecule has 0 aliphatic carbocycles. The summed E-state index contributed by atoms with van der Waals surface area (Å²) in [4.78, 5) is 3.16. The van der Waals surface area contributed by atoms with Gasteiger partial charge in [0.05, 0.1) is 16.3 Å². The van der Waals surface area contributed by atoms with Crippen molar-refractivity contribution >= 4 is 29.0 Å². The molecular formula is C16H24N2OS2. The predicted octanol–water partition coefficient (Wildman–Crippen LogP) is 2.94. The Labute approximate surface area is 137 Å². The van der Waals surface area contributed by atoms with Crippen LogP contribution in [0.5, 0.6) is 5.75 Å². The molecule has 0 aromatic heterocycles. The Morgan fingerprint density at radius 3 is 2.57 bits per heavy atom. The van der Waals surface area contributed by atoms with E-state index in [1.54, 1.807) is 0 Å². The third-order valence-electron chi connectivity index (χ3n) is 4.13. The number of benzene rings is 1. The molecule has 0 amide bonds. The largest absolute Gasteiger partial charge is 0.494 e. The molecule has 1 saturated heterocycles. The van der Waals surface area contributed by atoms with Gasteiger partial charge in [0, 0.05) is 6.54 Å². The molecule has 1 aromatic carbocycles. The Bertz CT molecular complexity index is 445. The number of piperidine rings is 1. The maximum absolute atomic E-state index is 5.92. The number of thioether (sulfide) groups is 1. The Morgan fingerprint density at radius 1 is 1.33 bits per heavy atom. The molecule has 1 aromatic rings. The van der Waals surface area contributed by atoms with Crippen molar-refractivity contribution in [2.24, 2.45) is 5.73 Å². The minimum Gasteiger partial charge on any atom is -0.494 e. The van der Waals surface area contributed by atoms with Crippen molar-refractivity contribution in [2.75, 3.05) is 32.5 Å². The first-order valence-corrected chi connectivity index (χ1v) is 9.05. The van der Waals surface area contributed by atoms with Crippen LogP contribution in [-0.4, -0.2) is 47.1 Å². The van der Waals surface area contributed by atoms with E-state index in [2.05, 4.69) is 11.2 Å². The number of likely N-dealkylation sites (tertiary alicyclic amines) is 1. The molecule has 116 valence electrons. The first-order valence-electron chi connectivity index (χ1n) is 7.41. The summed E-state index contributed by atoms with van der Waals surface area (Å²) in [6.07, 6.45) is 5.28. The fraction of sp³-hybridized carbons (Fsp3) is 0.562. The van der Waals surface area contributed by atoms with Gasteiger partial charge >= 0.3 is 0 Å². The summed E-state index contributed by atoms with van der Waals surface area (Å²) in [6, 6.07) is 9.99. The quantitative estimate of drug-likeness (QED) is 0.617. The van der Waals surface area contributed by atoms with E-state index in [-0.39, 0.29) is 4.75 Å². The fourth-order valence-corrected chi connectivity index (χ4v) is 3.93. The zero-order valence-corrected chi connectivity index (χ0v) is 14.2. The van der Waals surface area contributed by atoms with E-state index in [4.69, 9.17) is 22.7 Å².